The Kier molecular flexibility index (Phi) is 5.51. The smallest absolute Gasteiger partial charge is 0.323 e. The molecule has 0 unspecified atom stereocenters. The first kappa shape index (κ1) is 21.0. The topological polar surface area (TPSA) is 182 Å². The van der Waals surface area contributed by atoms with E-state index in [0.717, 1.165) is 0 Å². The molecule has 0 aliphatic carbocycles. The molecule has 3 rings (SSSR count). The predicted octanol–water partition coefficient (Wildman–Crippen LogP) is -3.06. The zero-order valence-electron chi connectivity index (χ0n) is 16.3. The van der Waals surface area contributed by atoms with E-state index >= 15 is 0 Å². The molecule has 12 heteroatoms. The van der Waals surface area contributed by atoms with E-state index in [0.29, 0.717) is 11.0 Å². The monoisotopic (exact) mass is 402 g/mol. The minimum absolute atomic E-state index is 0.138. The number of nitrogens with two attached hydrogens (primary N) is 2. The number of carbonyl (C=O) groups excluding carboxylic acids is 1. The van der Waals surface area contributed by atoms with Crippen molar-refractivity contribution >= 4 is 30.6 Å². The van der Waals surface area contributed by atoms with Crippen molar-refractivity contribution in [2.24, 2.45) is 11.7 Å². The van der Waals surface area contributed by atoms with Crippen LogP contribution in [0.25, 0.3) is 5.52 Å². The molecule has 1 fully saturated rings. The van der Waals surface area contributed by atoms with Gasteiger partial charge in [0, 0.05) is 0 Å². The lowest BCUT2D eigenvalue weighted by Crippen LogP contribution is -2.41. The van der Waals surface area contributed by atoms with E-state index in [1.807, 2.05) is 6.07 Å². The Bertz CT molecular complexity index is 975. The largest absolute Gasteiger partial charge is 0.462 e. The second-order valence-electron chi connectivity index (χ2n) is 7.46. The molecule has 0 radical (unpaired) electrons. The minimum atomic E-state index is -1.95. The van der Waals surface area contributed by atoms with Crippen LogP contribution < -0.4 is 16.9 Å². The Morgan fingerprint density at radius 2 is 2.24 bits per heavy atom. The SMILES string of the molecule is Bc1cc([C@]2(C#N)O[C@H](COC(=O)[C@@H](N)C(C)C)[C@@H](O)[C@H]2O)n2ncnc(N)c12. The fourth-order valence-electron chi connectivity index (χ4n) is 3.37. The van der Waals surface area contributed by atoms with Crippen molar-refractivity contribution in [3.05, 3.63) is 18.1 Å². The maximum atomic E-state index is 12.0. The van der Waals surface area contributed by atoms with Crippen molar-refractivity contribution in [3.8, 4) is 6.07 Å². The Hall–Kier alpha value is -2.72. The van der Waals surface area contributed by atoms with Crippen LogP contribution in [0.4, 0.5) is 5.82 Å². The van der Waals surface area contributed by atoms with Crippen molar-refractivity contribution in [2.75, 3.05) is 12.3 Å². The van der Waals surface area contributed by atoms with Crippen molar-refractivity contribution in [1.82, 2.24) is 14.6 Å². The number of aliphatic hydroxyl groups excluding tert-OH is 2. The standard InChI is InChI=1S/C17H23BN6O5/c1-7(2)11(20)16(27)28-4-9-13(25)14(26)17(5-19,29-9)10-3-8(18)12-15(21)22-6-23-24(10)12/h3,6-7,9,11,13-14,25-26H,4,18,20H2,1-2H3,(H2,21,22,23)/t9-,11+,13-,14-,17+/m1/s1. The first-order valence-electron chi connectivity index (χ1n) is 9.10. The fourth-order valence-corrected chi connectivity index (χ4v) is 3.37. The van der Waals surface area contributed by atoms with E-state index in [4.69, 9.17) is 20.9 Å². The van der Waals surface area contributed by atoms with Crippen LogP contribution in [0.15, 0.2) is 12.4 Å². The highest BCUT2D eigenvalue weighted by Gasteiger charge is 2.58. The number of hydrogen-bond acceptors (Lipinski definition) is 10. The quantitative estimate of drug-likeness (QED) is 0.296. The third-order valence-corrected chi connectivity index (χ3v) is 5.16. The molecule has 3 heterocycles. The van der Waals surface area contributed by atoms with Crippen LogP contribution in [-0.4, -0.2) is 69.6 Å². The summed E-state index contributed by atoms with van der Waals surface area (Å²) in [6.45, 7) is 3.16. The molecule has 2 aromatic rings. The zero-order valence-corrected chi connectivity index (χ0v) is 16.3. The summed E-state index contributed by atoms with van der Waals surface area (Å²) in [6.07, 6.45) is -3.04. The molecule has 1 saturated heterocycles. The number of carbonyl (C=O) groups is 1. The van der Waals surface area contributed by atoms with Gasteiger partial charge in [0.2, 0.25) is 5.60 Å². The molecule has 0 saturated carbocycles. The highest BCUT2D eigenvalue weighted by molar-refractivity contribution is 6.37. The van der Waals surface area contributed by atoms with Crippen LogP contribution >= 0.6 is 0 Å². The zero-order chi connectivity index (χ0) is 21.5. The summed E-state index contributed by atoms with van der Waals surface area (Å²) in [5.41, 5.74) is 11.0. The third kappa shape index (κ3) is 3.32. The average molecular weight is 402 g/mol. The second kappa shape index (κ2) is 7.60. The van der Waals surface area contributed by atoms with Crippen LogP contribution in [0.5, 0.6) is 0 Å². The van der Waals surface area contributed by atoms with Gasteiger partial charge in [0.15, 0.2) is 5.82 Å². The summed E-state index contributed by atoms with van der Waals surface area (Å²) in [7, 11) is 1.74. The number of ether oxygens (including phenoxy) is 2. The van der Waals surface area contributed by atoms with Crippen molar-refractivity contribution in [3.63, 3.8) is 0 Å². The van der Waals surface area contributed by atoms with Crippen LogP contribution in [0.1, 0.15) is 19.5 Å². The van der Waals surface area contributed by atoms with E-state index in [9.17, 15) is 20.3 Å². The number of rotatable bonds is 5. The van der Waals surface area contributed by atoms with Gasteiger partial charge in [-0.2, -0.15) is 10.4 Å². The molecule has 1 aliphatic heterocycles. The molecule has 11 nitrogen and oxygen atoms in total. The summed E-state index contributed by atoms with van der Waals surface area (Å²) in [5.74, 6) is -0.608. The van der Waals surface area contributed by atoms with Gasteiger partial charge in [0.1, 0.15) is 56.7 Å². The first-order valence-corrected chi connectivity index (χ1v) is 9.10. The number of aliphatic hydroxyl groups is 2. The predicted molar refractivity (Wildman–Crippen MR) is 104 cm³/mol. The molecule has 29 heavy (non-hydrogen) atoms. The maximum Gasteiger partial charge on any atom is 0.323 e. The molecule has 0 bridgehead atoms. The molecule has 0 amide bonds. The lowest BCUT2D eigenvalue weighted by atomic mass is 9.90. The third-order valence-electron chi connectivity index (χ3n) is 5.16. The number of nitrogen functional groups attached to an aromatic ring is 1. The van der Waals surface area contributed by atoms with Gasteiger partial charge in [-0.15, -0.1) is 0 Å². The summed E-state index contributed by atoms with van der Waals surface area (Å²) < 4.78 is 12.2. The van der Waals surface area contributed by atoms with Crippen molar-refractivity contribution in [1.29, 1.82) is 5.26 Å². The summed E-state index contributed by atoms with van der Waals surface area (Å²) in [5, 5.41) is 35.1. The molecule has 0 aromatic carbocycles. The molecule has 1 aliphatic rings. The van der Waals surface area contributed by atoms with Crippen LogP contribution in [0.3, 0.4) is 0 Å². The van der Waals surface area contributed by atoms with Gasteiger partial charge in [-0.1, -0.05) is 19.3 Å². The van der Waals surface area contributed by atoms with Gasteiger partial charge < -0.3 is 31.2 Å². The van der Waals surface area contributed by atoms with Crippen LogP contribution in [0, 0.1) is 17.2 Å². The van der Waals surface area contributed by atoms with Gasteiger partial charge >= 0.3 is 5.97 Å². The lowest BCUT2D eigenvalue weighted by Gasteiger charge is -2.24. The Balaban J connectivity index is 1.92. The maximum absolute atomic E-state index is 12.0. The number of hydrogen-bond donors (Lipinski definition) is 4. The number of esters is 1. The fraction of sp³-hybridized carbons (Fsp3) is 0.529. The van der Waals surface area contributed by atoms with Gasteiger partial charge in [0.05, 0.1) is 5.69 Å². The highest BCUT2D eigenvalue weighted by Crippen LogP contribution is 2.40. The Morgan fingerprint density at radius 3 is 2.86 bits per heavy atom. The summed E-state index contributed by atoms with van der Waals surface area (Å²) in [4.78, 5) is 15.9. The van der Waals surface area contributed by atoms with Gasteiger partial charge in [0.25, 0.3) is 0 Å². The molecular formula is C17H23BN6O5. The lowest BCUT2D eigenvalue weighted by molar-refractivity contribution is -0.153. The number of nitrogens with zero attached hydrogens (tertiary/aromatic N) is 4. The highest BCUT2D eigenvalue weighted by atomic mass is 16.6. The van der Waals surface area contributed by atoms with Gasteiger partial charge in [-0.05, 0) is 12.0 Å². The molecule has 6 N–H and O–H groups in total. The molecule has 5 atom stereocenters. The van der Waals surface area contributed by atoms with E-state index in [2.05, 4.69) is 10.1 Å². The first-order chi connectivity index (χ1) is 13.6. The van der Waals surface area contributed by atoms with E-state index in [1.165, 1.54) is 10.8 Å². The number of aromatic nitrogens is 3. The molecule has 2 aromatic heterocycles. The summed E-state index contributed by atoms with van der Waals surface area (Å²) >= 11 is 0. The minimum Gasteiger partial charge on any atom is -0.462 e. The number of fused-ring (bicyclic) bond motifs is 1. The number of nitriles is 1. The molecule has 0 spiro atoms. The summed E-state index contributed by atoms with van der Waals surface area (Å²) in [6, 6.07) is 2.69. The van der Waals surface area contributed by atoms with Crippen LogP contribution in [-0.2, 0) is 19.9 Å². The van der Waals surface area contributed by atoms with E-state index in [-0.39, 0.29) is 24.0 Å². The van der Waals surface area contributed by atoms with E-state index < -0.39 is 35.9 Å². The average Bonchev–Trinajstić information content (AvgIpc) is 3.16. The van der Waals surface area contributed by atoms with Crippen molar-refractivity contribution in [2.45, 2.75) is 43.8 Å². The molecular weight excluding hydrogens is 379 g/mol. The number of anilines is 1. The molecule has 154 valence electrons. The van der Waals surface area contributed by atoms with Gasteiger partial charge in [-0.25, -0.2) is 9.50 Å². The normalized spacial score (nSPS) is 27.8. The van der Waals surface area contributed by atoms with Crippen LogP contribution in [0.2, 0.25) is 0 Å². The second-order valence-corrected chi connectivity index (χ2v) is 7.46. The Labute approximate surface area is 167 Å². The van der Waals surface area contributed by atoms with Crippen molar-refractivity contribution < 1.29 is 24.5 Å². The Morgan fingerprint density at radius 1 is 1.55 bits per heavy atom. The van der Waals surface area contributed by atoms with E-state index in [1.54, 1.807) is 27.8 Å². The van der Waals surface area contributed by atoms with Gasteiger partial charge in [-0.3, -0.25) is 4.79 Å².